The van der Waals surface area contributed by atoms with Crippen molar-refractivity contribution in [2.45, 2.75) is 212 Å². The quantitative estimate of drug-likeness (QED) is 0.0165. The van der Waals surface area contributed by atoms with E-state index in [-0.39, 0.29) is 12.8 Å². The number of ether oxygens (including phenoxy) is 2. The predicted molar refractivity (Wildman–Crippen MR) is 297 cm³/mol. The second kappa shape index (κ2) is 52.0. The molecule has 5 unspecified atom stereocenters. The Morgan fingerprint density at radius 1 is 0.378 bits per heavy atom. The average molecular weight is 1090 g/mol. The standard InChI is InChI=1S/C57H98O15P2/c1-3-5-7-9-11-13-15-17-19-21-23-25-27-29-31-33-35-37-39-41-43-45-56(61)67-47-53(58)49-69-73(63,64)71-51-55(60)52-72-74(65,66)70-50-54(59)48-68-57(62)46-44-42-40-38-36-34-32-30-28-26-24-22-20-18-16-14-12-10-8-6-4-2/h5,7,11,13,17-20,23,25,29,31,35,37,41,43,53-55,58-60H,3-4,6,8-10,12,14-16,21-22,24,26-28,30,32-34,36,38-40,42,44-52H2,1-2H3,(H,63,64)(H,65,66)/b7-5-,13-11-,19-17-,20-18+,25-23-,31-29-,37-35-,43-41-. The Morgan fingerprint density at radius 3 is 1.04 bits per heavy atom. The summed E-state index contributed by atoms with van der Waals surface area (Å²) in [6.07, 6.45) is 58.5. The van der Waals surface area contributed by atoms with Crippen LogP contribution in [0.1, 0.15) is 194 Å². The number of esters is 2. The van der Waals surface area contributed by atoms with Crippen LogP contribution >= 0.6 is 15.6 Å². The van der Waals surface area contributed by atoms with E-state index >= 15 is 0 Å². The van der Waals surface area contributed by atoms with Crippen LogP contribution in [0.4, 0.5) is 0 Å². The summed E-state index contributed by atoms with van der Waals surface area (Å²) in [6, 6.07) is 0. The molecular formula is C57H98O15P2. The van der Waals surface area contributed by atoms with Crippen molar-refractivity contribution in [1.82, 2.24) is 0 Å². The van der Waals surface area contributed by atoms with Gasteiger partial charge < -0.3 is 34.6 Å². The van der Waals surface area contributed by atoms with Crippen molar-refractivity contribution < 1.29 is 71.4 Å². The van der Waals surface area contributed by atoms with Crippen LogP contribution in [0.25, 0.3) is 0 Å². The highest BCUT2D eigenvalue weighted by atomic mass is 31.2. The molecule has 426 valence electrons. The first-order chi connectivity index (χ1) is 35.8. The van der Waals surface area contributed by atoms with Crippen LogP contribution in [0.15, 0.2) is 97.2 Å². The Hall–Kier alpha value is -3.04. The van der Waals surface area contributed by atoms with Gasteiger partial charge in [0.05, 0.1) is 32.8 Å². The van der Waals surface area contributed by atoms with Crippen LogP contribution in [0.5, 0.6) is 0 Å². The number of carbonyl (C=O) groups is 2. The highest BCUT2D eigenvalue weighted by Crippen LogP contribution is 2.45. The fraction of sp³-hybridized carbons (Fsp3) is 0.684. The fourth-order valence-corrected chi connectivity index (χ4v) is 8.41. The van der Waals surface area contributed by atoms with Crippen molar-refractivity contribution >= 4 is 27.6 Å². The van der Waals surface area contributed by atoms with E-state index in [0.717, 1.165) is 57.8 Å². The van der Waals surface area contributed by atoms with Gasteiger partial charge in [-0.2, -0.15) is 0 Å². The molecule has 17 heteroatoms. The maximum atomic E-state index is 12.2. The summed E-state index contributed by atoms with van der Waals surface area (Å²) in [4.78, 5) is 43.9. The topological polar surface area (TPSA) is 225 Å². The van der Waals surface area contributed by atoms with Gasteiger partial charge in [0.2, 0.25) is 0 Å². The normalized spacial score (nSPS) is 15.5. The first-order valence-corrected chi connectivity index (χ1v) is 30.6. The maximum Gasteiger partial charge on any atom is 0.472 e. The number of hydrogen-bond donors (Lipinski definition) is 5. The van der Waals surface area contributed by atoms with Crippen molar-refractivity contribution in [2.75, 3.05) is 39.6 Å². The van der Waals surface area contributed by atoms with Crippen molar-refractivity contribution in [1.29, 1.82) is 0 Å². The molecule has 5 N–H and O–H groups in total. The van der Waals surface area contributed by atoms with Crippen molar-refractivity contribution in [3.63, 3.8) is 0 Å². The number of phosphoric ester groups is 2. The van der Waals surface area contributed by atoms with Crippen LogP contribution in [0, 0.1) is 0 Å². The molecular weight excluding hydrogens is 987 g/mol. The lowest BCUT2D eigenvalue weighted by Crippen LogP contribution is -2.25. The minimum absolute atomic E-state index is 0.0432. The first-order valence-electron chi connectivity index (χ1n) is 27.6. The first kappa shape index (κ1) is 71.0. The molecule has 15 nitrogen and oxygen atoms in total. The van der Waals surface area contributed by atoms with Crippen molar-refractivity contribution in [3.8, 4) is 0 Å². The summed E-state index contributed by atoms with van der Waals surface area (Å²) in [7, 11) is -9.62. The lowest BCUT2D eigenvalue weighted by atomic mass is 10.0. The minimum atomic E-state index is -4.82. The summed E-state index contributed by atoms with van der Waals surface area (Å²) in [6.45, 7) is 0.193. The van der Waals surface area contributed by atoms with Gasteiger partial charge in [0, 0.05) is 6.42 Å². The minimum Gasteiger partial charge on any atom is -0.463 e. The number of phosphoric acid groups is 2. The van der Waals surface area contributed by atoms with E-state index in [1.165, 1.54) is 96.3 Å². The predicted octanol–water partition coefficient (Wildman–Crippen LogP) is 13.8. The molecule has 0 aromatic rings. The molecule has 0 spiro atoms. The van der Waals surface area contributed by atoms with Gasteiger partial charge in [-0.25, -0.2) is 9.13 Å². The number of carbonyl (C=O) groups excluding carboxylic acids is 2. The van der Waals surface area contributed by atoms with Gasteiger partial charge in [-0.05, 0) is 77.0 Å². The largest absolute Gasteiger partial charge is 0.472 e. The zero-order valence-corrected chi connectivity index (χ0v) is 47.0. The number of allylic oxidation sites excluding steroid dienone is 15. The van der Waals surface area contributed by atoms with Gasteiger partial charge in [-0.3, -0.25) is 27.7 Å². The molecule has 0 aliphatic carbocycles. The molecule has 5 atom stereocenters. The number of aliphatic hydroxyl groups is 3. The molecule has 0 aromatic carbocycles. The third kappa shape index (κ3) is 53.8. The Morgan fingerprint density at radius 2 is 0.676 bits per heavy atom. The third-order valence-electron chi connectivity index (χ3n) is 11.1. The summed E-state index contributed by atoms with van der Waals surface area (Å²) in [5.74, 6) is -1.13. The molecule has 0 aliphatic heterocycles. The number of hydrogen-bond acceptors (Lipinski definition) is 13. The molecule has 0 radical (unpaired) electrons. The molecule has 0 saturated carbocycles. The highest BCUT2D eigenvalue weighted by Gasteiger charge is 2.28. The van der Waals surface area contributed by atoms with Gasteiger partial charge >= 0.3 is 27.6 Å². The Bertz CT molecular complexity index is 1690. The zero-order chi connectivity index (χ0) is 54.5. The van der Waals surface area contributed by atoms with E-state index in [0.29, 0.717) is 12.8 Å². The second-order valence-corrected chi connectivity index (χ2v) is 21.1. The van der Waals surface area contributed by atoms with Gasteiger partial charge in [0.15, 0.2) is 0 Å². The van der Waals surface area contributed by atoms with Crippen LogP contribution in [0.2, 0.25) is 0 Å². The smallest absolute Gasteiger partial charge is 0.463 e. The zero-order valence-electron chi connectivity index (χ0n) is 45.2. The summed E-state index contributed by atoms with van der Waals surface area (Å²) >= 11 is 0. The lowest BCUT2D eigenvalue weighted by molar-refractivity contribution is -0.147. The Labute approximate surface area is 446 Å². The lowest BCUT2D eigenvalue weighted by Gasteiger charge is -2.19. The number of rotatable bonds is 52. The van der Waals surface area contributed by atoms with E-state index in [1.54, 1.807) is 12.2 Å². The van der Waals surface area contributed by atoms with Crippen LogP contribution in [-0.2, 0) is 46.3 Å². The molecule has 0 aliphatic rings. The number of aliphatic hydroxyl groups excluding tert-OH is 3. The highest BCUT2D eigenvalue weighted by molar-refractivity contribution is 7.47. The van der Waals surface area contributed by atoms with Crippen LogP contribution in [-0.4, -0.2) is 95.0 Å². The molecule has 0 fully saturated rings. The third-order valence-corrected chi connectivity index (χ3v) is 13.0. The molecule has 0 bridgehead atoms. The maximum absolute atomic E-state index is 12.2. The van der Waals surface area contributed by atoms with Gasteiger partial charge in [-0.1, -0.05) is 201 Å². The van der Waals surface area contributed by atoms with E-state index in [9.17, 15) is 43.8 Å². The molecule has 0 aromatic heterocycles. The van der Waals surface area contributed by atoms with Crippen molar-refractivity contribution in [3.05, 3.63) is 97.2 Å². The van der Waals surface area contributed by atoms with Crippen molar-refractivity contribution in [2.24, 2.45) is 0 Å². The van der Waals surface area contributed by atoms with Gasteiger partial charge in [-0.15, -0.1) is 0 Å². The van der Waals surface area contributed by atoms with Gasteiger partial charge in [0.25, 0.3) is 0 Å². The average Bonchev–Trinajstić information content (AvgIpc) is 3.38. The van der Waals surface area contributed by atoms with E-state index in [2.05, 4.69) is 100 Å². The van der Waals surface area contributed by atoms with E-state index < -0.39 is 85.5 Å². The SMILES string of the molecule is CC/C=C\C/C=C\C/C=C\C/C=C\C/C=C\C/C=C\C/C=C\CC(=O)OCC(O)COP(=O)(O)OCC(O)COP(=O)(O)OCC(O)COC(=O)CCCCCCCCCCCCC/C=C/CCCCCCCC. The van der Waals surface area contributed by atoms with Crippen LogP contribution in [0.3, 0.4) is 0 Å². The second-order valence-electron chi connectivity index (χ2n) is 18.2. The Kier molecular flexibility index (Phi) is 49.9. The molecule has 0 saturated heterocycles. The fourth-order valence-electron chi connectivity index (χ4n) is 6.82. The molecule has 0 amide bonds. The summed E-state index contributed by atoms with van der Waals surface area (Å²) in [5.41, 5.74) is 0. The Balaban J connectivity index is 3.92. The van der Waals surface area contributed by atoms with Crippen LogP contribution < -0.4 is 0 Å². The monoisotopic (exact) mass is 1080 g/mol. The summed E-state index contributed by atoms with van der Waals surface area (Å²) in [5, 5.41) is 30.1. The van der Waals surface area contributed by atoms with E-state index in [1.807, 2.05) is 12.2 Å². The van der Waals surface area contributed by atoms with Gasteiger partial charge in [0.1, 0.15) is 31.5 Å². The number of unbranched alkanes of at least 4 members (excludes halogenated alkanes) is 17. The molecule has 0 heterocycles. The van der Waals surface area contributed by atoms with E-state index in [4.69, 9.17) is 14.0 Å². The summed E-state index contributed by atoms with van der Waals surface area (Å²) < 4.78 is 53.1. The molecule has 74 heavy (non-hydrogen) atoms. The molecule has 0 rings (SSSR count).